The molecule has 0 N–H and O–H groups in total. The zero-order valence-electron chi connectivity index (χ0n) is 25.0. The van der Waals surface area contributed by atoms with Crippen LogP contribution in [0.2, 0.25) is 5.02 Å². The van der Waals surface area contributed by atoms with Gasteiger partial charge in [0, 0.05) is 56.9 Å². The minimum Gasteiger partial charge on any atom is -0.420 e. The molecule has 0 radical (unpaired) electrons. The second-order valence-corrected chi connectivity index (χ2v) is 12.0. The number of carbonyl (C=O) groups excluding carboxylic acids is 2. The highest BCUT2D eigenvalue weighted by Crippen LogP contribution is 2.37. The predicted octanol–water partition coefficient (Wildman–Crippen LogP) is 6.44. The van der Waals surface area contributed by atoms with Crippen molar-refractivity contribution in [3.8, 4) is 0 Å². The lowest BCUT2D eigenvalue weighted by Crippen LogP contribution is -2.49. The standard InChI is InChI=1S/C34H33ClF3N5O3/c35-27-9-5-4-8-26(27)21-30(45)42-18-16-41(17-19-42)29-11-10-23(22-39-29)20-28(44)31-32(34(36,37)38)40-33(46-31)43-14-12-25(13-15-43)24-6-2-1-3-7-24/h1-11,22,25H,12-21H2. The van der Waals surface area contributed by atoms with Gasteiger partial charge in [-0.15, -0.1) is 0 Å². The van der Waals surface area contributed by atoms with Crippen LogP contribution in [0.5, 0.6) is 0 Å². The molecule has 1 amide bonds. The fourth-order valence-electron chi connectivity index (χ4n) is 6.03. The molecule has 12 heteroatoms. The minimum atomic E-state index is -4.84. The number of benzene rings is 2. The smallest absolute Gasteiger partial charge is 0.420 e. The molecule has 2 fully saturated rings. The van der Waals surface area contributed by atoms with E-state index in [2.05, 4.69) is 22.1 Å². The molecule has 2 aromatic carbocycles. The average Bonchev–Trinajstić information content (AvgIpc) is 3.54. The lowest BCUT2D eigenvalue weighted by Gasteiger charge is -2.35. The van der Waals surface area contributed by atoms with Gasteiger partial charge in [0.05, 0.1) is 6.42 Å². The van der Waals surface area contributed by atoms with Crippen molar-refractivity contribution in [1.29, 1.82) is 0 Å². The van der Waals surface area contributed by atoms with Gasteiger partial charge in [0.25, 0.3) is 6.01 Å². The molecule has 0 saturated carbocycles. The summed E-state index contributed by atoms with van der Waals surface area (Å²) in [5.41, 5.74) is 1.14. The Labute approximate surface area is 269 Å². The Bertz CT molecular complexity index is 1660. The first-order valence-electron chi connectivity index (χ1n) is 15.3. The third-order valence-corrected chi connectivity index (χ3v) is 8.97. The molecule has 6 rings (SSSR count). The third-order valence-electron chi connectivity index (χ3n) is 8.60. The Morgan fingerprint density at radius 2 is 1.54 bits per heavy atom. The highest BCUT2D eigenvalue weighted by Gasteiger charge is 2.42. The molecule has 2 aliphatic heterocycles. The van der Waals surface area contributed by atoms with Gasteiger partial charge in [0.1, 0.15) is 5.82 Å². The van der Waals surface area contributed by atoms with Crippen LogP contribution >= 0.6 is 11.6 Å². The molecular formula is C34H33ClF3N5O3. The van der Waals surface area contributed by atoms with Gasteiger partial charge in [-0.2, -0.15) is 18.2 Å². The molecule has 0 spiro atoms. The summed E-state index contributed by atoms with van der Waals surface area (Å²) in [5.74, 6) is -0.636. The number of halogens is 4. The second kappa shape index (κ2) is 13.5. The molecule has 0 bridgehead atoms. The number of nitrogens with zero attached hydrogens (tertiary/aromatic N) is 5. The van der Waals surface area contributed by atoms with E-state index in [4.69, 9.17) is 16.0 Å². The number of hydrogen-bond acceptors (Lipinski definition) is 7. The van der Waals surface area contributed by atoms with Crippen molar-refractivity contribution in [2.45, 2.75) is 37.8 Å². The third kappa shape index (κ3) is 7.20. The molecule has 2 aromatic heterocycles. The van der Waals surface area contributed by atoms with Crippen molar-refractivity contribution in [3.63, 3.8) is 0 Å². The number of aromatic nitrogens is 2. The van der Waals surface area contributed by atoms with Crippen molar-refractivity contribution in [2.24, 2.45) is 0 Å². The Morgan fingerprint density at radius 1 is 0.848 bits per heavy atom. The van der Waals surface area contributed by atoms with E-state index >= 15 is 0 Å². The first-order valence-corrected chi connectivity index (χ1v) is 15.7. The maximum atomic E-state index is 13.9. The van der Waals surface area contributed by atoms with Crippen LogP contribution in [0.1, 0.15) is 51.7 Å². The van der Waals surface area contributed by atoms with Gasteiger partial charge in [-0.25, -0.2) is 4.98 Å². The predicted molar refractivity (Wildman–Crippen MR) is 168 cm³/mol. The van der Waals surface area contributed by atoms with Gasteiger partial charge in [-0.1, -0.05) is 66.2 Å². The van der Waals surface area contributed by atoms with Crippen molar-refractivity contribution in [3.05, 3.63) is 106 Å². The summed E-state index contributed by atoms with van der Waals surface area (Å²) < 4.78 is 47.3. The van der Waals surface area contributed by atoms with Crippen LogP contribution in [0.3, 0.4) is 0 Å². The van der Waals surface area contributed by atoms with E-state index in [0.717, 1.165) is 18.4 Å². The molecule has 46 heavy (non-hydrogen) atoms. The lowest BCUT2D eigenvalue weighted by molar-refractivity contribution is -0.141. The van der Waals surface area contributed by atoms with E-state index in [1.165, 1.54) is 11.8 Å². The number of oxazole rings is 1. The summed E-state index contributed by atoms with van der Waals surface area (Å²) >= 11 is 6.20. The van der Waals surface area contributed by atoms with Crippen LogP contribution in [0, 0.1) is 0 Å². The fraction of sp³-hybridized carbons (Fsp3) is 0.353. The van der Waals surface area contributed by atoms with Gasteiger partial charge in [-0.05, 0) is 47.6 Å². The number of amides is 1. The van der Waals surface area contributed by atoms with E-state index in [1.807, 2.05) is 41.3 Å². The van der Waals surface area contributed by atoms with Crippen LogP contribution in [-0.2, 0) is 23.8 Å². The van der Waals surface area contributed by atoms with Crippen molar-refractivity contribution in [1.82, 2.24) is 14.9 Å². The van der Waals surface area contributed by atoms with Gasteiger partial charge >= 0.3 is 6.18 Å². The molecule has 240 valence electrons. The van der Waals surface area contributed by atoms with Gasteiger partial charge in [0.2, 0.25) is 17.5 Å². The lowest BCUT2D eigenvalue weighted by atomic mass is 9.90. The number of pyridine rings is 1. The molecule has 0 aliphatic carbocycles. The van der Waals surface area contributed by atoms with E-state index in [0.29, 0.717) is 61.6 Å². The quantitative estimate of drug-likeness (QED) is 0.203. The Balaban J connectivity index is 1.06. The van der Waals surface area contributed by atoms with E-state index in [1.54, 1.807) is 28.0 Å². The molecular weight excluding hydrogens is 619 g/mol. The number of alkyl halides is 3. The number of hydrogen-bond donors (Lipinski definition) is 0. The summed E-state index contributed by atoms with van der Waals surface area (Å²) in [7, 11) is 0. The number of rotatable bonds is 8. The Kier molecular flexibility index (Phi) is 9.30. The molecule has 2 saturated heterocycles. The summed E-state index contributed by atoms with van der Waals surface area (Å²) in [6.07, 6.45) is -1.96. The largest absolute Gasteiger partial charge is 0.437 e. The zero-order chi connectivity index (χ0) is 32.3. The SMILES string of the molecule is O=C(Cc1ccc(N2CCN(C(=O)Cc3ccccc3Cl)CC2)nc1)c1oc(N2CCC(c3ccccc3)CC2)nc1C(F)(F)F. The molecule has 2 aliphatic rings. The summed E-state index contributed by atoms with van der Waals surface area (Å²) in [6.45, 7) is 3.11. The highest BCUT2D eigenvalue weighted by molar-refractivity contribution is 6.31. The molecule has 0 atom stereocenters. The van der Waals surface area contributed by atoms with Gasteiger partial charge in [-0.3, -0.25) is 9.59 Å². The number of Topliss-reactive ketones (excluding diaryl/α,β-unsaturated/α-hetero) is 1. The monoisotopic (exact) mass is 651 g/mol. The van der Waals surface area contributed by atoms with Crippen molar-refractivity contribution < 1.29 is 27.2 Å². The highest BCUT2D eigenvalue weighted by atomic mass is 35.5. The number of piperazine rings is 1. The summed E-state index contributed by atoms with van der Waals surface area (Å²) in [5, 5.41) is 0.565. The van der Waals surface area contributed by atoms with Crippen LogP contribution in [0.4, 0.5) is 25.0 Å². The van der Waals surface area contributed by atoms with Gasteiger partial charge < -0.3 is 19.1 Å². The minimum absolute atomic E-state index is 0.0000323. The first kappa shape index (κ1) is 31.6. The van der Waals surface area contributed by atoms with E-state index < -0.39 is 23.4 Å². The maximum absolute atomic E-state index is 13.9. The topological polar surface area (TPSA) is 82.8 Å². The number of carbonyl (C=O) groups is 2. The molecule has 8 nitrogen and oxygen atoms in total. The number of piperidine rings is 1. The normalized spacial score (nSPS) is 16.1. The molecule has 4 aromatic rings. The average molecular weight is 652 g/mol. The van der Waals surface area contributed by atoms with Crippen LogP contribution in [0.15, 0.2) is 77.3 Å². The van der Waals surface area contributed by atoms with Crippen LogP contribution in [-0.4, -0.2) is 65.8 Å². The molecule has 4 heterocycles. The number of ketones is 1. The van der Waals surface area contributed by atoms with E-state index in [9.17, 15) is 22.8 Å². The summed E-state index contributed by atoms with van der Waals surface area (Å²) in [6, 6.07) is 20.5. The zero-order valence-corrected chi connectivity index (χ0v) is 25.8. The van der Waals surface area contributed by atoms with Gasteiger partial charge in [0.15, 0.2) is 5.69 Å². The van der Waals surface area contributed by atoms with Crippen molar-refractivity contribution in [2.75, 3.05) is 49.1 Å². The summed E-state index contributed by atoms with van der Waals surface area (Å²) in [4.78, 5) is 39.6. The fourth-order valence-corrected chi connectivity index (χ4v) is 6.23. The Hall–Kier alpha value is -4.38. The van der Waals surface area contributed by atoms with Crippen molar-refractivity contribution >= 4 is 35.1 Å². The molecule has 0 unspecified atom stereocenters. The Morgan fingerprint density at radius 3 is 2.20 bits per heavy atom. The van der Waals surface area contributed by atoms with E-state index in [-0.39, 0.29) is 24.8 Å². The number of anilines is 2. The first-order chi connectivity index (χ1) is 22.2. The maximum Gasteiger partial charge on any atom is 0.437 e. The van der Waals surface area contributed by atoms with Crippen LogP contribution in [0.25, 0.3) is 0 Å². The van der Waals surface area contributed by atoms with Crippen LogP contribution < -0.4 is 9.80 Å². The second-order valence-electron chi connectivity index (χ2n) is 11.6.